The van der Waals surface area contributed by atoms with Gasteiger partial charge in [-0.2, -0.15) is 0 Å². The number of amides is 1. The number of nitrogens with zero attached hydrogens (tertiary/aromatic N) is 9. The van der Waals surface area contributed by atoms with Crippen molar-refractivity contribution in [2.45, 2.75) is 37.9 Å². The molecule has 3 N–H and O–H groups in total. The molecule has 1 aromatic carbocycles. The number of rotatable bonds is 7. The van der Waals surface area contributed by atoms with Gasteiger partial charge in [-0.05, 0) is 56.0 Å². The fourth-order valence-electron chi connectivity index (χ4n) is 7.66. The number of nitrogen functional groups attached to an aromatic ring is 1. The van der Waals surface area contributed by atoms with Gasteiger partial charge >= 0.3 is 0 Å². The Morgan fingerprint density at radius 2 is 1.81 bits per heavy atom. The first-order valence-corrected chi connectivity index (χ1v) is 18.0. The maximum absolute atomic E-state index is 12.2. The van der Waals surface area contributed by atoms with Crippen LogP contribution < -0.4 is 20.7 Å². The highest BCUT2D eigenvalue weighted by atomic mass is 16.5. The first-order valence-electron chi connectivity index (χ1n) is 18.0. The van der Waals surface area contributed by atoms with Gasteiger partial charge < -0.3 is 30.3 Å². The van der Waals surface area contributed by atoms with Gasteiger partial charge in [0.1, 0.15) is 23.7 Å². The summed E-state index contributed by atoms with van der Waals surface area (Å²) in [6, 6.07) is 16.9. The summed E-state index contributed by atoms with van der Waals surface area (Å²) in [5, 5.41) is 8.73. The minimum absolute atomic E-state index is 0.0497. The molecule has 4 aliphatic heterocycles. The third kappa shape index (κ3) is 6.00. The Hall–Kier alpha value is -5.49. The van der Waals surface area contributed by atoms with Gasteiger partial charge in [0.05, 0.1) is 36.5 Å². The smallest absolute Gasteiger partial charge is 0.298 e. The molecular weight excluding hydrogens is 658 g/mol. The summed E-state index contributed by atoms with van der Waals surface area (Å²) in [6.45, 7) is 9.14. The van der Waals surface area contributed by atoms with Crippen LogP contribution in [0.5, 0.6) is 5.75 Å². The molecule has 8 heterocycles. The van der Waals surface area contributed by atoms with Crippen LogP contribution in [0.1, 0.15) is 31.4 Å². The number of piperazine rings is 1. The quantitative estimate of drug-likeness (QED) is 0.242. The Kier molecular flexibility index (Phi) is 8.46. The van der Waals surface area contributed by atoms with E-state index in [0.29, 0.717) is 54.4 Å². The zero-order valence-corrected chi connectivity index (χ0v) is 29.1. The van der Waals surface area contributed by atoms with Crippen LogP contribution in [-0.4, -0.2) is 116 Å². The number of likely N-dealkylation sites (tertiary alicyclic amines) is 1. The van der Waals surface area contributed by atoms with Crippen LogP contribution in [0.25, 0.3) is 34.1 Å². The van der Waals surface area contributed by atoms with E-state index in [-0.39, 0.29) is 18.0 Å². The zero-order chi connectivity index (χ0) is 35.2. The number of carbonyl (C=O) groups excluding carboxylic acids is 1. The number of anilines is 2. The summed E-state index contributed by atoms with van der Waals surface area (Å²) in [4.78, 5) is 33.4. The molecule has 14 heteroatoms. The number of nitrogens with two attached hydrogens (primary N) is 1. The summed E-state index contributed by atoms with van der Waals surface area (Å²) in [5.74, 6) is 8.74. The van der Waals surface area contributed by atoms with E-state index in [1.54, 1.807) is 13.1 Å². The number of piperidine rings is 1. The second-order valence-electron chi connectivity index (χ2n) is 13.7. The number of nitrogens with one attached hydrogen (secondary N) is 1. The molecule has 4 aromatic heterocycles. The number of fused-ring (bicyclic) bond motifs is 2. The fourth-order valence-corrected chi connectivity index (χ4v) is 7.66. The summed E-state index contributed by atoms with van der Waals surface area (Å²) in [5.41, 5.74) is 10.5. The Labute approximate surface area is 301 Å². The maximum atomic E-state index is 12.2. The van der Waals surface area contributed by atoms with Gasteiger partial charge in [0.2, 0.25) is 0 Å². The third-order valence-corrected chi connectivity index (χ3v) is 10.6. The van der Waals surface area contributed by atoms with Gasteiger partial charge in [0.15, 0.2) is 23.1 Å². The molecule has 0 saturated carbocycles. The third-order valence-electron chi connectivity index (χ3n) is 10.6. The van der Waals surface area contributed by atoms with E-state index in [9.17, 15) is 4.79 Å². The predicted octanol–water partition coefficient (Wildman–Crippen LogP) is 2.81. The zero-order valence-electron chi connectivity index (χ0n) is 29.1. The van der Waals surface area contributed by atoms with Gasteiger partial charge in [-0.3, -0.25) is 14.3 Å². The van der Waals surface area contributed by atoms with Crippen LogP contribution in [-0.2, 0) is 9.53 Å². The monoisotopic (exact) mass is 699 g/mol. The van der Waals surface area contributed by atoms with Crippen molar-refractivity contribution < 1.29 is 14.3 Å². The van der Waals surface area contributed by atoms with E-state index in [1.165, 1.54) is 0 Å². The van der Waals surface area contributed by atoms with Gasteiger partial charge in [0, 0.05) is 75.4 Å². The molecule has 9 rings (SSSR count). The van der Waals surface area contributed by atoms with Crippen molar-refractivity contribution in [3.63, 3.8) is 0 Å². The SMILES string of the molecule is CC#CC(=O)N1CCC(N[C@H]2COc3cc(-n4c(-c5cccnc5N)nc5ccc(-n6ccc(N7CCN(C8COC8)CC7)n6)nc54)ccc32)CC1. The molecule has 266 valence electrons. The average molecular weight is 700 g/mol. The topological polar surface area (TPSA) is 145 Å². The molecule has 0 aliphatic carbocycles. The predicted molar refractivity (Wildman–Crippen MR) is 196 cm³/mol. The van der Waals surface area contributed by atoms with Crippen LogP contribution >= 0.6 is 0 Å². The van der Waals surface area contributed by atoms with E-state index in [1.807, 2.05) is 44.6 Å². The molecule has 4 aliphatic rings. The lowest BCUT2D eigenvalue weighted by Crippen LogP contribution is -2.56. The Balaban J connectivity index is 0.997. The highest BCUT2D eigenvalue weighted by Crippen LogP contribution is 2.38. The Bertz CT molecular complexity index is 2180. The average Bonchev–Trinajstić information content (AvgIpc) is 3.89. The van der Waals surface area contributed by atoms with Crippen molar-refractivity contribution in [2.24, 2.45) is 0 Å². The first-order chi connectivity index (χ1) is 25.5. The lowest BCUT2D eigenvalue weighted by Gasteiger charge is -2.42. The lowest BCUT2D eigenvalue weighted by atomic mass is 10.0. The van der Waals surface area contributed by atoms with E-state index in [4.69, 9.17) is 30.3 Å². The van der Waals surface area contributed by atoms with E-state index >= 15 is 0 Å². The normalized spacial score (nSPS) is 19.6. The van der Waals surface area contributed by atoms with Crippen molar-refractivity contribution in [1.82, 2.24) is 44.4 Å². The van der Waals surface area contributed by atoms with Gasteiger partial charge in [-0.25, -0.2) is 19.6 Å². The summed E-state index contributed by atoms with van der Waals surface area (Å²) < 4.78 is 15.5. The highest BCUT2D eigenvalue weighted by molar-refractivity contribution is 5.93. The second kappa shape index (κ2) is 13.6. The van der Waals surface area contributed by atoms with Crippen molar-refractivity contribution in [3.8, 4) is 40.5 Å². The van der Waals surface area contributed by atoms with E-state index in [0.717, 1.165) is 80.6 Å². The lowest BCUT2D eigenvalue weighted by molar-refractivity contribution is -0.126. The minimum atomic E-state index is -0.0945. The van der Waals surface area contributed by atoms with Crippen molar-refractivity contribution in [1.29, 1.82) is 0 Å². The van der Waals surface area contributed by atoms with Crippen LogP contribution in [0, 0.1) is 11.8 Å². The van der Waals surface area contributed by atoms with Gasteiger partial charge in [0.25, 0.3) is 5.91 Å². The van der Waals surface area contributed by atoms with E-state index in [2.05, 4.69) is 56.2 Å². The number of pyridine rings is 2. The Morgan fingerprint density at radius 1 is 0.962 bits per heavy atom. The molecule has 0 unspecified atom stereocenters. The molecule has 0 radical (unpaired) electrons. The number of ether oxygens (including phenoxy) is 2. The summed E-state index contributed by atoms with van der Waals surface area (Å²) in [6.07, 6.45) is 5.39. The minimum Gasteiger partial charge on any atom is -0.491 e. The number of hydrogen-bond donors (Lipinski definition) is 2. The number of carbonyl (C=O) groups is 1. The van der Waals surface area contributed by atoms with Gasteiger partial charge in [-0.1, -0.05) is 12.0 Å². The van der Waals surface area contributed by atoms with E-state index < -0.39 is 0 Å². The van der Waals surface area contributed by atoms with Crippen LogP contribution in [0.2, 0.25) is 0 Å². The first kappa shape index (κ1) is 32.4. The second-order valence-corrected chi connectivity index (χ2v) is 13.7. The molecule has 1 atom stereocenters. The Morgan fingerprint density at radius 3 is 2.58 bits per heavy atom. The fraction of sp³-hybridized carbons (Fsp3) is 0.395. The standard InChI is InChI=1S/C38H41N11O3/c1-2-4-35(50)47-14-10-25(11-15-47)41-31-24-52-32-21-26(6-7-28(31)32)49-37(29-5-3-13-40-36(29)39)42-30-8-9-33(43-38(30)49)48-16-12-34(44-48)46-19-17-45(18-20-46)27-22-51-23-27/h3,5-9,12-13,16,21,25,27,31,41H,10-11,14-15,17-20,22-24H2,1H3,(H2,39,40)/t31-/m0/s1. The molecular formula is C38H41N11O3. The maximum Gasteiger partial charge on any atom is 0.298 e. The largest absolute Gasteiger partial charge is 0.491 e. The van der Waals surface area contributed by atoms with Crippen LogP contribution in [0.3, 0.4) is 0 Å². The molecule has 3 saturated heterocycles. The van der Waals surface area contributed by atoms with Crippen LogP contribution in [0.4, 0.5) is 11.6 Å². The van der Waals surface area contributed by atoms with Crippen molar-refractivity contribution >= 4 is 28.7 Å². The summed E-state index contributed by atoms with van der Waals surface area (Å²) >= 11 is 0. The van der Waals surface area contributed by atoms with Crippen molar-refractivity contribution in [3.05, 3.63) is 66.5 Å². The van der Waals surface area contributed by atoms with Crippen molar-refractivity contribution in [2.75, 3.05) is 69.7 Å². The molecule has 1 amide bonds. The van der Waals surface area contributed by atoms with Crippen LogP contribution in [0.15, 0.2) is 60.9 Å². The summed E-state index contributed by atoms with van der Waals surface area (Å²) in [7, 11) is 0. The molecule has 0 spiro atoms. The molecule has 3 fully saturated rings. The number of benzene rings is 1. The molecule has 5 aromatic rings. The number of hydrogen-bond acceptors (Lipinski definition) is 11. The molecule has 52 heavy (non-hydrogen) atoms. The highest BCUT2D eigenvalue weighted by Gasteiger charge is 2.31. The molecule has 14 nitrogen and oxygen atoms in total. The molecule has 0 bridgehead atoms. The number of aromatic nitrogens is 6. The van der Waals surface area contributed by atoms with Gasteiger partial charge in [-0.15, -0.1) is 5.10 Å². The number of imidazole rings is 1.